The molecule has 0 unspecified atom stereocenters. The number of isocyanates is 1. The molecule has 0 N–H and O–H groups in total. The molecule has 0 heterocycles. The maximum absolute atomic E-state index is 10.5. The lowest BCUT2D eigenvalue weighted by atomic mass is 10.3. The summed E-state index contributed by atoms with van der Waals surface area (Å²) in [6.07, 6.45) is 1.29. The number of rotatable bonds is 2. The van der Waals surface area contributed by atoms with Crippen LogP contribution in [0.15, 0.2) is 34.2 Å². The quantitative estimate of drug-likeness (QED) is 0.415. The Morgan fingerprint density at radius 2 is 1.92 bits per heavy atom. The van der Waals surface area contributed by atoms with Crippen molar-refractivity contribution < 1.29 is 13.2 Å². The van der Waals surface area contributed by atoms with Crippen LogP contribution in [0.25, 0.3) is 0 Å². The predicted octanol–water partition coefficient (Wildman–Crippen LogP) is 0.624. The van der Waals surface area contributed by atoms with Gasteiger partial charge in [-0.3, -0.25) is 0 Å². The summed E-state index contributed by atoms with van der Waals surface area (Å²) < 4.78 is 21.1. The molecular formula is C7H5NO3S. The first-order valence-corrected chi connectivity index (χ1v) is 4.24. The van der Waals surface area contributed by atoms with E-state index in [0.717, 1.165) is 0 Å². The SMILES string of the molecule is O=C=Nc1ccccc1[SH](=O)=O. The van der Waals surface area contributed by atoms with Crippen LogP contribution in [0.4, 0.5) is 5.69 Å². The van der Waals surface area contributed by atoms with E-state index in [0.29, 0.717) is 0 Å². The van der Waals surface area contributed by atoms with Crippen molar-refractivity contribution >= 4 is 22.5 Å². The maximum Gasteiger partial charge on any atom is 0.240 e. The van der Waals surface area contributed by atoms with Gasteiger partial charge in [-0.25, -0.2) is 13.2 Å². The van der Waals surface area contributed by atoms with Gasteiger partial charge in [-0.05, 0) is 12.1 Å². The number of nitrogens with zero attached hydrogens (tertiary/aromatic N) is 1. The van der Waals surface area contributed by atoms with Crippen molar-refractivity contribution in [1.29, 1.82) is 0 Å². The van der Waals surface area contributed by atoms with Gasteiger partial charge in [0.25, 0.3) is 0 Å². The van der Waals surface area contributed by atoms with Gasteiger partial charge in [-0.1, -0.05) is 12.1 Å². The van der Waals surface area contributed by atoms with Gasteiger partial charge in [-0.2, -0.15) is 4.99 Å². The Labute approximate surface area is 70.5 Å². The molecule has 0 bridgehead atoms. The molecule has 0 spiro atoms. The average Bonchev–Trinajstić information content (AvgIpc) is 2.05. The molecular weight excluding hydrogens is 178 g/mol. The van der Waals surface area contributed by atoms with Crippen LogP contribution >= 0.6 is 0 Å². The summed E-state index contributed by atoms with van der Waals surface area (Å²) in [5, 5.41) is 0. The highest BCUT2D eigenvalue weighted by atomic mass is 32.2. The average molecular weight is 183 g/mol. The minimum absolute atomic E-state index is 0.0378. The molecule has 0 aliphatic carbocycles. The first-order valence-electron chi connectivity index (χ1n) is 3.07. The fourth-order valence-corrected chi connectivity index (χ4v) is 1.28. The Morgan fingerprint density at radius 3 is 2.50 bits per heavy atom. The first-order chi connectivity index (χ1) is 5.75. The molecule has 0 amide bonds. The van der Waals surface area contributed by atoms with Crippen LogP contribution in [0.3, 0.4) is 0 Å². The van der Waals surface area contributed by atoms with E-state index < -0.39 is 10.7 Å². The Hall–Kier alpha value is -1.45. The third kappa shape index (κ3) is 1.78. The van der Waals surface area contributed by atoms with Gasteiger partial charge in [0.15, 0.2) is 10.7 Å². The Balaban J connectivity index is 3.36. The minimum atomic E-state index is -2.70. The largest absolute Gasteiger partial charge is 0.240 e. The van der Waals surface area contributed by atoms with Gasteiger partial charge >= 0.3 is 0 Å². The summed E-state index contributed by atoms with van der Waals surface area (Å²) in [4.78, 5) is 13.1. The van der Waals surface area contributed by atoms with Crippen molar-refractivity contribution in [3.05, 3.63) is 24.3 Å². The number of hydrogen-bond donors (Lipinski definition) is 1. The van der Waals surface area contributed by atoms with Crippen LogP contribution in [0.2, 0.25) is 0 Å². The van der Waals surface area contributed by atoms with Crippen molar-refractivity contribution in [2.75, 3.05) is 0 Å². The minimum Gasteiger partial charge on any atom is -0.227 e. The number of para-hydroxylation sites is 1. The molecule has 5 heteroatoms. The van der Waals surface area contributed by atoms with E-state index >= 15 is 0 Å². The summed E-state index contributed by atoms with van der Waals surface area (Å²) in [6.45, 7) is 0. The highest BCUT2D eigenvalue weighted by molar-refractivity contribution is 7.72. The van der Waals surface area contributed by atoms with Crippen LogP contribution in [0.1, 0.15) is 0 Å². The third-order valence-corrected chi connectivity index (χ3v) is 2.02. The van der Waals surface area contributed by atoms with Crippen molar-refractivity contribution in [3.63, 3.8) is 0 Å². The normalized spacial score (nSPS) is 9.42. The zero-order valence-electron chi connectivity index (χ0n) is 5.93. The molecule has 0 saturated carbocycles. The van der Waals surface area contributed by atoms with E-state index in [4.69, 9.17) is 0 Å². The number of aliphatic imine (C=N–C) groups is 1. The van der Waals surface area contributed by atoms with Crippen molar-refractivity contribution in [1.82, 2.24) is 0 Å². The topological polar surface area (TPSA) is 63.6 Å². The second-order valence-corrected chi connectivity index (χ2v) is 2.94. The lowest BCUT2D eigenvalue weighted by Gasteiger charge is -1.92. The fourth-order valence-electron chi connectivity index (χ4n) is 0.762. The van der Waals surface area contributed by atoms with Gasteiger partial charge < -0.3 is 0 Å². The van der Waals surface area contributed by atoms with E-state index in [1.807, 2.05) is 0 Å². The van der Waals surface area contributed by atoms with Crippen molar-refractivity contribution in [2.45, 2.75) is 4.90 Å². The molecule has 0 aromatic heterocycles. The molecule has 0 atom stereocenters. The van der Waals surface area contributed by atoms with Crippen molar-refractivity contribution in [3.8, 4) is 0 Å². The summed E-state index contributed by atoms with van der Waals surface area (Å²) in [7, 11) is -2.70. The molecule has 1 aromatic carbocycles. The third-order valence-electron chi connectivity index (χ3n) is 1.24. The smallest absolute Gasteiger partial charge is 0.227 e. The van der Waals surface area contributed by atoms with Gasteiger partial charge in [0, 0.05) is 0 Å². The first kappa shape index (κ1) is 8.64. The summed E-state index contributed by atoms with van der Waals surface area (Å²) in [5.74, 6) is 0. The van der Waals surface area contributed by atoms with E-state index in [1.54, 1.807) is 12.1 Å². The Kier molecular flexibility index (Phi) is 2.74. The van der Waals surface area contributed by atoms with E-state index in [1.165, 1.54) is 18.2 Å². The predicted molar refractivity (Wildman–Crippen MR) is 42.8 cm³/mol. The number of benzene rings is 1. The van der Waals surface area contributed by atoms with Gasteiger partial charge in [0.1, 0.15) is 0 Å². The molecule has 4 nitrogen and oxygen atoms in total. The summed E-state index contributed by atoms with van der Waals surface area (Å²) >= 11 is 0. The van der Waals surface area contributed by atoms with Crippen molar-refractivity contribution in [2.24, 2.45) is 4.99 Å². The molecule has 62 valence electrons. The van der Waals surface area contributed by atoms with Crippen LogP contribution < -0.4 is 0 Å². The fraction of sp³-hybridized carbons (Fsp3) is 0. The lowest BCUT2D eigenvalue weighted by Crippen LogP contribution is -1.79. The number of carbonyl (C=O) groups excluding carboxylic acids is 1. The Morgan fingerprint density at radius 1 is 1.25 bits per heavy atom. The number of hydrogen-bond acceptors (Lipinski definition) is 4. The van der Waals surface area contributed by atoms with Gasteiger partial charge in [-0.15, -0.1) is 0 Å². The molecule has 0 radical (unpaired) electrons. The van der Waals surface area contributed by atoms with Crippen LogP contribution in [-0.4, -0.2) is 14.5 Å². The molecule has 12 heavy (non-hydrogen) atoms. The standard InChI is InChI=1S/C7H5NO3S/c9-5-8-6-3-1-2-4-7(6)12(10)11/h1-4,12H. The zero-order valence-corrected chi connectivity index (χ0v) is 6.82. The molecule has 1 rings (SSSR count). The van der Waals surface area contributed by atoms with Crippen LogP contribution in [0.5, 0.6) is 0 Å². The van der Waals surface area contributed by atoms with Crippen LogP contribution in [-0.2, 0) is 15.5 Å². The number of thiol groups is 1. The molecule has 0 fully saturated rings. The summed E-state index contributed by atoms with van der Waals surface area (Å²) in [6, 6.07) is 5.97. The highest BCUT2D eigenvalue weighted by Gasteiger charge is 2.00. The van der Waals surface area contributed by atoms with E-state index in [-0.39, 0.29) is 10.6 Å². The lowest BCUT2D eigenvalue weighted by molar-refractivity contribution is 0.565. The van der Waals surface area contributed by atoms with Gasteiger partial charge in [0.05, 0.1) is 10.6 Å². The van der Waals surface area contributed by atoms with Gasteiger partial charge in [0.2, 0.25) is 6.08 Å². The van der Waals surface area contributed by atoms with E-state index in [2.05, 4.69) is 4.99 Å². The second kappa shape index (κ2) is 3.80. The summed E-state index contributed by atoms with van der Waals surface area (Å²) in [5.41, 5.74) is 0.128. The zero-order chi connectivity index (χ0) is 8.97. The van der Waals surface area contributed by atoms with E-state index in [9.17, 15) is 13.2 Å². The monoisotopic (exact) mass is 183 g/mol. The Bertz CT molecular complexity index is 397. The highest BCUT2D eigenvalue weighted by Crippen LogP contribution is 2.18. The molecule has 0 aliphatic heterocycles. The molecule has 0 aliphatic rings. The maximum atomic E-state index is 10.5. The van der Waals surface area contributed by atoms with Crippen LogP contribution in [0, 0.1) is 0 Å². The molecule has 0 saturated heterocycles. The molecule has 1 aromatic rings. The second-order valence-electron chi connectivity index (χ2n) is 1.95.